The highest BCUT2D eigenvalue weighted by molar-refractivity contribution is 9.11. The minimum absolute atomic E-state index is 0.388. The third-order valence-corrected chi connectivity index (χ3v) is 2.25. The summed E-state index contributed by atoms with van der Waals surface area (Å²) >= 11 is 3.38. The summed E-state index contributed by atoms with van der Waals surface area (Å²) in [6, 6.07) is 0. The van der Waals surface area contributed by atoms with Gasteiger partial charge in [0, 0.05) is 10.2 Å². The molecule has 0 saturated heterocycles. The van der Waals surface area contributed by atoms with Crippen molar-refractivity contribution < 1.29 is 0 Å². The Morgan fingerprint density at radius 1 is 1.70 bits per heavy atom. The van der Waals surface area contributed by atoms with Crippen LogP contribution in [0.3, 0.4) is 0 Å². The van der Waals surface area contributed by atoms with Gasteiger partial charge in [-0.2, -0.15) is 0 Å². The maximum Gasteiger partial charge on any atom is 0.102 e. The van der Waals surface area contributed by atoms with Crippen LogP contribution >= 0.6 is 15.9 Å². The number of nitrogens with two attached hydrogens (primary N) is 1. The Hall–Kier alpha value is -0.280. The van der Waals surface area contributed by atoms with Crippen molar-refractivity contribution in [3.63, 3.8) is 0 Å². The molecule has 0 saturated carbocycles. The Kier molecular flexibility index (Phi) is 1.88. The average molecular weight is 203 g/mol. The third kappa shape index (κ3) is 1.61. The number of nitrogens with one attached hydrogen (secondary N) is 1. The highest BCUT2D eigenvalue weighted by Crippen LogP contribution is 2.18. The second-order valence-corrected chi connectivity index (χ2v) is 3.57. The maximum absolute atomic E-state index is 5.78. The van der Waals surface area contributed by atoms with Crippen LogP contribution < -0.4 is 11.1 Å². The zero-order chi connectivity index (χ0) is 7.78. The number of rotatable bonds is 0. The first-order valence-corrected chi connectivity index (χ1v) is 3.93. The predicted octanol–water partition coefficient (Wildman–Crippen LogP) is 1.45. The lowest BCUT2D eigenvalue weighted by Crippen LogP contribution is -2.49. The van der Waals surface area contributed by atoms with Crippen molar-refractivity contribution in [2.75, 3.05) is 0 Å². The Morgan fingerprint density at radius 3 is 2.70 bits per heavy atom. The smallest absolute Gasteiger partial charge is 0.102 e. The van der Waals surface area contributed by atoms with Crippen molar-refractivity contribution in [1.29, 1.82) is 0 Å². The Morgan fingerprint density at radius 2 is 2.30 bits per heavy atom. The lowest BCUT2D eigenvalue weighted by molar-refractivity contribution is 0.497. The van der Waals surface area contributed by atoms with Gasteiger partial charge in [0.1, 0.15) is 5.66 Å². The van der Waals surface area contributed by atoms with Gasteiger partial charge in [-0.25, -0.2) is 0 Å². The van der Waals surface area contributed by atoms with Crippen LogP contribution in [0.2, 0.25) is 0 Å². The lowest BCUT2D eigenvalue weighted by atomic mass is 10.1. The molecule has 56 valence electrons. The molecular formula is C7H11BrN2. The topological polar surface area (TPSA) is 38.0 Å². The molecule has 0 aliphatic carbocycles. The van der Waals surface area contributed by atoms with Gasteiger partial charge in [0.25, 0.3) is 0 Å². The fourth-order valence-corrected chi connectivity index (χ4v) is 1.11. The number of halogens is 1. The molecular weight excluding hydrogens is 192 g/mol. The van der Waals surface area contributed by atoms with Gasteiger partial charge < -0.3 is 11.1 Å². The van der Waals surface area contributed by atoms with E-state index in [-0.39, 0.29) is 5.66 Å². The summed E-state index contributed by atoms with van der Waals surface area (Å²) in [5.74, 6) is 0. The van der Waals surface area contributed by atoms with Gasteiger partial charge in [0.2, 0.25) is 0 Å². The van der Waals surface area contributed by atoms with E-state index in [1.165, 1.54) is 0 Å². The van der Waals surface area contributed by atoms with Crippen LogP contribution in [0.15, 0.2) is 22.3 Å². The van der Waals surface area contributed by atoms with Crippen molar-refractivity contribution >= 4 is 15.9 Å². The van der Waals surface area contributed by atoms with E-state index < -0.39 is 0 Å². The van der Waals surface area contributed by atoms with Crippen molar-refractivity contribution in [3.05, 3.63) is 22.3 Å². The van der Waals surface area contributed by atoms with E-state index in [0.29, 0.717) is 0 Å². The molecule has 3 N–H and O–H groups in total. The summed E-state index contributed by atoms with van der Waals surface area (Å²) in [4.78, 5) is 0. The van der Waals surface area contributed by atoms with Crippen LogP contribution in [-0.4, -0.2) is 5.66 Å². The van der Waals surface area contributed by atoms with Crippen molar-refractivity contribution in [2.24, 2.45) is 5.73 Å². The molecule has 1 aliphatic heterocycles. The summed E-state index contributed by atoms with van der Waals surface area (Å²) in [6.45, 7) is 3.91. The van der Waals surface area contributed by atoms with Crippen LogP contribution in [-0.2, 0) is 0 Å². The molecule has 1 heterocycles. The molecule has 3 heteroatoms. The number of dihydropyridines is 1. The van der Waals surface area contributed by atoms with Crippen molar-refractivity contribution in [2.45, 2.75) is 19.5 Å². The molecule has 0 spiro atoms. The summed E-state index contributed by atoms with van der Waals surface area (Å²) in [7, 11) is 0. The van der Waals surface area contributed by atoms with Gasteiger partial charge in [-0.05, 0) is 41.9 Å². The van der Waals surface area contributed by atoms with Crippen LogP contribution in [0.25, 0.3) is 0 Å². The van der Waals surface area contributed by atoms with E-state index in [1.807, 2.05) is 26.0 Å². The molecule has 0 aromatic carbocycles. The average Bonchev–Trinajstić information content (AvgIpc) is 1.79. The maximum atomic E-state index is 5.78. The van der Waals surface area contributed by atoms with E-state index in [4.69, 9.17) is 5.73 Å². The van der Waals surface area contributed by atoms with Crippen LogP contribution in [0.5, 0.6) is 0 Å². The number of hydrogen-bond donors (Lipinski definition) is 2. The third-order valence-electron chi connectivity index (χ3n) is 1.39. The van der Waals surface area contributed by atoms with Gasteiger partial charge in [-0.1, -0.05) is 0 Å². The second kappa shape index (κ2) is 2.40. The molecule has 0 aromatic heterocycles. The minimum atomic E-state index is -0.388. The van der Waals surface area contributed by atoms with E-state index in [1.54, 1.807) is 0 Å². The fourth-order valence-electron chi connectivity index (χ4n) is 0.877. The summed E-state index contributed by atoms with van der Waals surface area (Å²) in [5, 5.41) is 3.13. The normalized spacial score (nSPS) is 32.4. The molecule has 1 rings (SSSR count). The van der Waals surface area contributed by atoms with Gasteiger partial charge >= 0.3 is 0 Å². The van der Waals surface area contributed by atoms with Crippen LogP contribution in [0.4, 0.5) is 0 Å². The molecule has 0 fully saturated rings. The first-order chi connectivity index (χ1) is 4.51. The first kappa shape index (κ1) is 7.82. The molecule has 0 amide bonds. The second-order valence-electron chi connectivity index (χ2n) is 2.71. The molecule has 0 bridgehead atoms. The summed E-state index contributed by atoms with van der Waals surface area (Å²) in [5.41, 5.74) is 6.47. The zero-order valence-corrected chi connectivity index (χ0v) is 7.70. The Labute approximate surface area is 69.3 Å². The predicted molar refractivity (Wildman–Crippen MR) is 46.5 cm³/mol. The molecule has 0 radical (unpaired) electrons. The standard InChI is InChI=1S/C7H11BrN2/c1-5-6(8)3-4-7(2,9)10-5/h3-4,10H,9H2,1-2H3. The number of allylic oxidation sites excluding steroid dienone is 3. The minimum Gasteiger partial charge on any atom is -0.367 e. The molecule has 1 atom stereocenters. The van der Waals surface area contributed by atoms with Gasteiger partial charge in [0.05, 0.1) is 0 Å². The van der Waals surface area contributed by atoms with Gasteiger partial charge in [-0.15, -0.1) is 0 Å². The number of hydrogen-bond acceptors (Lipinski definition) is 2. The van der Waals surface area contributed by atoms with Crippen LogP contribution in [0.1, 0.15) is 13.8 Å². The summed E-state index contributed by atoms with van der Waals surface area (Å²) < 4.78 is 1.07. The summed E-state index contributed by atoms with van der Waals surface area (Å²) in [6.07, 6.45) is 3.88. The monoisotopic (exact) mass is 202 g/mol. The zero-order valence-electron chi connectivity index (χ0n) is 6.11. The van der Waals surface area contributed by atoms with Gasteiger partial charge in [0.15, 0.2) is 0 Å². The van der Waals surface area contributed by atoms with Gasteiger partial charge in [-0.3, -0.25) is 0 Å². The van der Waals surface area contributed by atoms with E-state index in [0.717, 1.165) is 10.2 Å². The lowest BCUT2D eigenvalue weighted by Gasteiger charge is -2.27. The van der Waals surface area contributed by atoms with Crippen molar-refractivity contribution in [1.82, 2.24) is 5.32 Å². The highest BCUT2D eigenvalue weighted by Gasteiger charge is 2.17. The molecule has 1 aliphatic rings. The SMILES string of the molecule is CC1=C(Br)C=CC(C)(N)N1. The molecule has 10 heavy (non-hydrogen) atoms. The van der Waals surface area contributed by atoms with E-state index in [9.17, 15) is 0 Å². The van der Waals surface area contributed by atoms with Crippen LogP contribution in [0, 0.1) is 0 Å². The first-order valence-electron chi connectivity index (χ1n) is 3.14. The Bertz CT molecular complexity index is 204. The van der Waals surface area contributed by atoms with E-state index >= 15 is 0 Å². The highest BCUT2D eigenvalue weighted by atomic mass is 79.9. The fraction of sp³-hybridized carbons (Fsp3) is 0.429. The molecule has 0 aromatic rings. The Balaban J connectivity index is 2.85. The quantitative estimate of drug-likeness (QED) is 0.625. The largest absolute Gasteiger partial charge is 0.367 e. The van der Waals surface area contributed by atoms with Crippen molar-refractivity contribution in [3.8, 4) is 0 Å². The molecule has 1 unspecified atom stereocenters. The molecule has 2 nitrogen and oxygen atoms in total. The van der Waals surface area contributed by atoms with E-state index in [2.05, 4.69) is 21.2 Å².